The van der Waals surface area contributed by atoms with Crippen LogP contribution in [-0.4, -0.2) is 19.9 Å². The lowest BCUT2D eigenvalue weighted by atomic mass is 10.1. The molecule has 5 nitrogen and oxygen atoms in total. The minimum atomic E-state index is -3.85. The molecular formula is C18H21ClN2O3S. The predicted octanol–water partition coefficient (Wildman–Crippen LogP) is 3.98. The average Bonchev–Trinajstić information content (AvgIpc) is 2.44. The second kappa shape index (κ2) is 7.15. The van der Waals surface area contributed by atoms with Gasteiger partial charge in [0, 0.05) is 16.8 Å². The van der Waals surface area contributed by atoms with Crippen molar-refractivity contribution in [2.24, 2.45) is 0 Å². The van der Waals surface area contributed by atoms with Gasteiger partial charge in [-0.3, -0.25) is 4.79 Å². The van der Waals surface area contributed by atoms with Crippen LogP contribution in [0.4, 0.5) is 5.69 Å². The average molecular weight is 381 g/mol. The van der Waals surface area contributed by atoms with E-state index in [4.69, 9.17) is 11.6 Å². The van der Waals surface area contributed by atoms with Crippen LogP contribution < -0.4 is 10.0 Å². The number of rotatable bonds is 4. The molecule has 0 aliphatic heterocycles. The maximum absolute atomic E-state index is 12.5. The van der Waals surface area contributed by atoms with E-state index < -0.39 is 21.5 Å². The third kappa shape index (κ3) is 5.29. The van der Waals surface area contributed by atoms with Gasteiger partial charge in [-0.1, -0.05) is 23.7 Å². The summed E-state index contributed by atoms with van der Waals surface area (Å²) in [7, 11) is -3.85. The van der Waals surface area contributed by atoms with Crippen molar-refractivity contribution in [2.45, 2.75) is 38.1 Å². The van der Waals surface area contributed by atoms with Gasteiger partial charge in [-0.15, -0.1) is 0 Å². The Bertz CT molecular complexity index is 903. The number of amides is 1. The molecule has 0 radical (unpaired) electrons. The van der Waals surface area contributed by atoms with E-state index in [9.17, 15) is 13.2 Å². The van der Waals surface area contributed by atoms with E-state index in [0.717, 1.165) is 5.56 Å². The van der Waals surface area contributed by atoms with E-state index in [1.165, 1.54) is 18.2 Å². The highest BCUT2D eigenvalue weighted by atomic mass is 35.5. The summed E-state index contributed by atoms with van der Waals surface area (Å²) >= 11 is 6.04. The zero-order valence-corrected chi connectivity index (χ0v) is 16.1. The highest BCUT2D eigenvalue weighted by molar-refractivity contribution is 7.89. The van der Waals surface area contributed by atoms with Gasteiger partial charge in [-0.2, -0.15) is 0 Å². The van der Waals surface area contributed by atoms with E-state index in [1.54, 1.807) is 26.8 Å². The number of anilines is 1. The van der Waals surface area contributed by atoms with Gasteiger partial charge in [0.05, 0.1) is 5.02 Å². The van der Waals surface area contributed by atoms with Crippen molar-refractivity contribution in [3.05, 3.63) is 58.6 Å². The minimum Gasteiger partial charge on any atom is -0.322 e. The normalized spacial score (nSPS) is 12.0. The predicted molar refractivity (Wildman–Crippen MR) is 101 cm³/mol. The van der Waals surface area contributed by atoms with Crippen LogP contribution in [0.3, 0.4) is 0 Å². The molecule has 2 rings (SSSR count). The summed E-state index contributed by atoms with van der Waals surface area (Å²) in [5.41, 5.74) is 1.19. The second-order valence-electron chi connectivity index (χ2n) is 6.82. The minimum absolute atomic E-state index is 0.0591. The molecule has 0 aliphatic carbocycles. The summed E-state index contributed by atoms with van der Waals surface area (Å²) in [5, 5.41) is 2.81. The number of nitrogens with one attached hydrogen (secondary N) is 2. The van der Waals surface area contributed by atoms with E-state index >= 15 is 0 Å². The fourth-order valence-electron chi connectivity index (χ4n) is 2.23. The highest BCUT2D eigenvalue weighted by Gasteiger charge is 2.25. The Morgan fingerprint density at radius 2 is 1.76 bits per heavy atom. The number of carbonyl (C=O) groups is 1. The Balaban J connectivity index is 2.33. The Hall–Kier alpha value is -1.89. The van der Waals surface area contributed by atoms with E-state index in [0.29, 0.717) is 5.69 Å². The van der Waals surface area contributed by atoms with E-state index in [2.05, 4.69) is 10.0 Å². The standard InChI is InChI=1S/C18H21ClN2O3S/c1-12-6-5-7-14(10-12)20-17(22)13-8-9-15(19)16(11-13)25(23,24)21-18(2,3)4/h5-11,21H,1-4H3,(H,20,22). The smallest absolute Gasteiger partial charge is 0.255 e. The lowest BCUT2D eigenvalue weighted by Gasteiger charge is -2.21. The lowest BCUT2D eigenvalue weighted by molar-refractivity contribution is 0.102. The molecule has 0 heterocycles. The molecule has 0 saturated heterocycles. The van der Waals surface area contributed by atoms with Crippen LogP contribution in [0, 0.1) is 6.92 Å². The number of hydrogen-bond acceptors (Lipinski definition) is 3. The second-order valence-corrected chi connectivity index (χ2v) is 8.88. The molecule has 0 atom stereocenters. The van der Waals surface area contributed by atoms with Gasteiger partial charge in [0.25, 0.3) is 5.91 Å². The third-order valence-corrected chi connectivity index (χ3v) is 5.44. The van der Waals surface area contributed by atoms with Gasteiger partial charge in [0.1, 0.15) is 4.90 Å². The van der Waals surface area contributed by atoms with Crippen LogP contribution in [0.1, 0.15) is 36.7 Å². The summed E-state index contributed by atoms with van der Waals surface area (Å²) < 4.78 is 27.6. The summed E-state index contributed by atoms with van der Waals surface area (Å²) in [6.07, 6.45) is 0. The SMILES string of the molecule is Cc1cccc(NC(=O)c2ccc(Cl)c(S(=O)(=O)NC(C)(C)C)c2)c1. The van der Waals surface area contributed by atoms with Crippen LogP contribution in [0.5, 0.6) is 0 Å². The van der Waals surface area contributed by atoms with Gasteiger partial charge in [-0.05, 0) is 63.6 Å². The van der Waals surface area contributed by atoms with Crippen molar-refractivity contribution >= 4 is 33.2 Å². The first-order valence-corrected chi connectivity index (χ1v) is 9.56. The first-order valence-electron chi connectivity index (χ1n) is 7.69. The van der Waals surface area contributed by atoms with E-state index in [-0.39, 0.29) is 15.5 Å². The molecular weight excluding hydrogens is 360 g/mol. The van der Waals surface area contributed by atoms with Crippen molar-refractivity contribution in [2.75, 3.05) is 5.32 Å². The van der Waals surface area contributed by atoms with Crippen LogP contribution in [0.25, 0.3) is 0 Å². The van der Waals surface area contributed by atoms with Crippen LogP contribution in [-0.2, 0) is 10.0 Å². The molecule has 2 N–H and O–H groups in total. The Morgan fingerprint density at radius 3 is 2.36 bits per heavy atom. The lowest BCUT2D eigenvalue weighted by Crippen LogP contribution is -2.40. The van der Waals surface area contributed by atoms with Gasteiger partial charge in [0.2, 0.25) is 10.0 Å². The number of aryl methyl sites for hydroxylation is 1. The monoisotopic (exact) mass is 380 g/mol. The maximum Gasteiger partial charge on any atom is 0.255 e. The zero-order chi connectivity index (χ0) is 18.8. The Kier molecular flexibility index (Phi) is 5.56. The molecule has 2 aromatic rings. The van der Waals surface area contributed by atoms with Crippen molar-refractivity contribution in [3.8, 4) is 0 Å². The Labute approximate surface area is 153 Å². The van der Waals surface area contributed by atoms with Crippen LogP contribution in [0.2, 0.25) is 5.02 Å². The molecule has 0 fully saturated rings. The molecule has 7 heteroatoms. The van der Waals surface area contributed by atoms with Crippen molar-refractivity contribution in [1.82, 2.24) is 4.72 Å². The van der Waals surface area contributed by atoms with Crippen molar-refractivity contribution < 1.29 is 13.2 Å². The topological polar surface area (TPSA) is 75.3 Å². The van der Waals surface area contributed by atoms with Crippen molar-refractivity contribution in [1.29, 1.82) is 0 Å². The number of benzene rings is 2. The maximum atomic E-state index is 12.5. The molecule has 134 valence electrons. The molecule has 1 amide bonds. The molecule has 0 saturated carbocycles. The van der Waals surface area contributed by atoms with Gasteiger partial charge >= 0.3 is 0 Å². The molecule has 2 aromatic carbocycles. The first-order chi connectivity index (χ1) is 11.5. The summed E-state index contributed by atoms with van der Waals surface area (Å²) in [6, 6.07) is 11.5. The first kappa shape index (κ1) is 19.4. The Morgan fingerprint density at radius 1 is 1.08 bits per heavy atom. The molecule has 0 bridgehead atoms. The summed E-state index contributed by atoms with van der Waals surface area (Å²) in [4.78, 5) is 12.3. The molecule has 0 spiro atoms. The third-order valence-electron chi connectivity index (χ3n) is 3.20. The van der Waals surface area contributed by atoms with Gasteiger partial charge < -0.3 is 5.32 Å². The fourth-order valence-corrected chi connectivity index (χ4v) is 4.18. The molecule has 0 aliphatic rings. The number of hydrogen-bond donors (Lipinski definition) is 2. The van der Waals surface area contributed by atoms with Crippen LogP contribution >= 0.6 is 11.6 Å². The number of halogens is 1. The summed E-state index contributed by atoms with van der Waals surface area (Å²) in [6.45, 7) is 7.10. The fraction of sp³-hybridized carbons (Fsp3) is 0.278. The molecule has 0 unspecified atom stereocenters. The highest BCUT2D eigenvalue weighted by Crippen LogP contribution is 2.24. The van der Waals surface area contributed by atoms with Gasteiger partial charge in [0.15, 0.2) is 0 Å². The van der Waals surface area contributed by atoms with Crippen molar-refractivity contribution in [3.63, 3.8) is 0 Å². The number of sulfonamides is 1. The quantitative estimate of drug-likeness (QED) is 0.842. The van der Waals surface area contributed by atoms with Crippen LogP contribution in [0.15, 0.2) is 47.4 Å². The van der Waals surface area contributed by atoms with E-state index in [1.807, 2.05) is 25.1 Å². The summed E-state index contributed by atoms with van der Waals surface area (Å²) in [5.74, 6) is -0.408. The molecule has 25 heavy (non-hydrogen) atoms. The zero-order valence-electron chi connectivity index (χ0n) is 14.6. The molecule has 0 aromatic heterocycles. The largest absolute Gasteiger partial charge is 0.322 e. The van der Waals surface area contributed by atoms with Gasteiger partial charge in [-0.25, -0.2) is 13.1 Å². The number of carbonyl (C=O) groups excluding carboxylic acids is 1.